The van der Waals surface area contributed by atoms with Gasteiger partial charge in [0.2, 0.25) is 0 Å². The molecule has 5 atom stereocenters. The van der Waals surface area contributed by atoms with Crippen molar-refractivity contribution in [2.24, 2.45) is 0 Å². The Hall–Kier alpha value is -3.65. The third kappa shape index (κ3) is 11.4. The molecule has 50 heavy (non-hydrogen) atoms. The minimum Gasteiger partial charge on any atom is -0.449 e. The normalized spacial score (nSPS) is 21.2. The van der Waals surface area contributed by atoms with E-state index < -0.39 is 36.8 Å². The molecule has 4 rings (SSSR count). The first-order valence-electron chi connectivity index (χ1n) is 17.0. The summed E-state index contributed by atoms with van der Waals surface area (Å²) in [7, 11) is 0. The predicted octanol–water partition coefficient (Wildman–Crippen LogP) is 5.22. The zero-order valence-electron chi connectivity index (χ0n) is 28.8. The average Bonchev–Trinajstić information content (AvgIpc) is 3.46. The zero-order chi connectivity index (χ0) is 35.4. The second-order valence-corrected chi connectivity index (χ2v) is 11.5. The molecule has 0 aromatic heterocycles. The van der Waals surface area contributed by atoms with Gasteiger partial charge in [0, 0.05) is 12.5 Å². The Labute approximate surface area is 295 Å². The number of hydrogen-bond acceptors (Lipinski definition) is 10. The van der Waals surface area contributed by atoms with Gasteiger partial charge in [-0.15, -0.1) is 26.3 Å². The van der Waals surface area contributed by atoms with E-state index in [9.17, 15) is 4.79 Å². The van der Waals surface area contributed by atoms with Crippen LogP contribution in [0.25, 0.3) is 11.1 Å². The van der Waals surface area contributed by atoms with Gasteiger partial charge in [-0.05, 0) is 22.3 Å². The van der Waals surface area contributed by atoms with Crippen molar-refractivity contribution < 1.29 is 47.4 Å². The summed E-state index contributed by atoms with van der Waals surface area (Å²) in [6.45, 7) is 18.5. The van der Waals surface area contributed by atoms with Crippen molar-refractivity contribution in [1.29, 1.82) is 0 Å². The average molecular weight is 694 g/mol. The van der Waals surface area contributed by atoms with Crippen LogP contribution in [0.15, 0.2) is 99.2 Å². The van der Waals surface area contributed by atoms with Crippen LogP contribution < -0.4 is 5.32 Å². The van der Waals surface area contributed by atoms with Gasteiger partial charge < -0.3 is 47.9 Å². The number of rotatable bonds is 25. The third-order valence-corrected chi connectivity index (χ3v) is 8.07. The summed E-state index contributed by atoms with van der Waals surface area (Å²) >= 11 is 0. The van der Waals surface area contributed by atoms with Gasteiger partial charge in [0.05, 0.1) is 66.1 Å². The second kappa shape index (κ2) is 22.2. The van der Waals surface area contributed by atoms with Crippen molar-refractivity contribution >= 4 is 6.09 Å². The number of carbonyl (C=O) groups is 1. The monoisotopic (exact) mass is 693 g/mol. The van der Waals surface area contributed by atoms with E-state index in [-0.39, 0.29) is 39.0 Å². The molecule has 1 amide bonds. The molecule has 1 saturated heterocycles. The quantitative estimate of drug-likeness (QED) is 0.110. The largest absolute Gasteiger partial charge is 0.449 e. The molecule has 272 valence electrons. The Kier molecular flexibility index (Phi) is 17.4. The van der Waals surface area contributed by atoms with Crippen LogP contribution in [0.5, 0.6) is 0 Å². The van der Waals surface area contributed by atoms with Crippen molar-refractivity contribution in [3.8, 4) is 11.1 Å². The molecule has 1 aliphatic carbocycles. The van der Waals surface area contributed by atoms with E-state index in [1.165, 1.54) is 22.3 Å². The Morgan fingerprint density at radius 2 is 1.20 bits per heavy atom. The lowest BCUT2D eigenvalue weighted by molar-refractivity contribution is -0.320. The Morgan fingerprint density at radius 3 is 1.84 bits per heavy atom. The number of fused-ring (bicyclic) bond motifs is 3. The second-order valence-electron chi connectivity index (χ2n) is 11.5. The first-order valence-corrected chi connectivity index (χ1v) is 17.0. The maximum atomic E-state index is 12.4. The minimum absolute atomic E-state index is 0.0128. The minimum atomic E-state index is -0.783. The molecule has 2 aliphatic rings. The molecular formula is C39H51NO10. The smallest absolute Gasteiger partial charge is 0.407 e. The highest BCUT2D eigenvalue weighted by Crippen LogP contribution is 2.44. The van der Waals surface area contributed by atoms with E-state index in [0.29, 0.717) is 46.2 Å². The summed E-state index contributed by atoms with van der Waals surface area (Å²) in [6, 6.07) is 16.5. The maximum Gasteiger partial charge on any atom is 0.407 e. The van der Waals surface area contributed by atoms with Crippen LogP contribution in [0.4, 0.5) is 4.79 Å². The molecule has 0 radical (unpaired) electrons. The van der Waals surface area contributed by atoms with Gasteiger partial charge >= 0.3 is 6.09 Å². The predicted molar refractivity (Wildman–Crippen MR) is 190 cm³/mol. The van der Waals surface area contributed by atoms with E-state index in [0.717, 1.165) is 0 Å². The van der Waals surface area contributed by atoms with Crippen LogP contribution in [0.1, 0.15) is 17.0 Å². The molecule has 2 aromatic carbocycles. The SMILES string of the molecule is C=CCOC[C@H]1O[C@@H](OCCOCCOCCNC(=O)OCC2c3ccccc3-c3ccccc32)[C@H](OCC=C)[C@@H](OCC=C)[C@@H]1OCC=C. The van der Waals surface area contributed by atoms with Crippen molar-refractivity contribution in [3.05, 3.63) is 110 Å². The molecule has 0 saturated carbocycles. The van der Waals surface area contributed by atoms with Crippen LogP contribution in [0, 0.1) is 0 Å². The van der Waals surface area contributed by atoms with Crippen LogP contribution in [0.2, 0.25) is 0 Å². The number of ether oxygens (including phenoxy) is 9. The van der Waals surface area contributed by atoms with Gasteiger partial charge in [0.15, 0.2) is 6.29 Å². The van der Waals surface area contributed by atoms with Gasteiger partial charge in [0.25, 0.3) is 0 Å². The number of amides is 1. The molecule has 0 spiro atoms. The summed E-state index contributed by atoms with van der Waals surface area (Å²) in [6.07, 6.45) is 3.20. The van der Waals surface area contributed by atoms with E-state index in [4.69, 9.17) is 42.6 Å². The van der Waals surface area contributed by atoms with Crippen LogP contribution in [-0.4, -0.2) is 116 Å². The number of alkyl carbamates (subject to hydrolysis) is 1. The summed E-state index contributed by atoms with van der Waals surface area (Å²) in [5.74, 6) is 0.0128. The van der Waals surface area contributed by atoms with Gasteiger partial charge in [-0.1, -0.05) is 72.8 Å². The number of benzene rings is 2. The summed E-state index contributed by atoms with van der Waals surface area (Å²) < 4.78 is 53.3. The lowest BCUT2D eigenvalue weighted by Gasteiger charge is -2.45. The van der Waals surface area contributed by atoms with Crippen molar-refractivity contribution in [3.63, 3.8) is 0 Å². The molecule has 11 heteroatoms. The molecule has 1 aliphatic heterocycles. The Balaban J connectivity index is 1.14. The summed E-state index contributed by atoms with van der Waals surface area (Å²) in [5.41, 5.74) is 4.72. The number of carbonyl (C=O) groups excluding carboxylic acids is 1. The van der Waals surface area contributed by atoms with Gasteiger partial charge in [-0.3, -0.25) is 0 Å². The van der Waals surface area contributed by atoms with Gasteiger partial charge in [-0.2, -0.15) is 0 Å². The van der Waals surface area contributed by atoms with Crippen LogP contribution in [0.3, 0.4) is 0 Å². The zero-order valence-corrected chi connectivity index (χ0v) is 28.8. The molecule has 2 aromatic rings. The van der Waals surface area contributed by atoms with Crippen LogP contribution >= 0.6 is 0 Å². The van der Waals surface area contributed by atoms with E-state index >= 15 is 0 Å². The first-order chi connectivity index (χ1) is 24.6. The van der Waals surface area contributed by atoms with Crippen molar-refractivity contribution in [2.45, 2.75) is 36.6 Å². The molecule has 1 N–H and O–H groups in total. The molecule has 0 unspecified atom stereocenters. The van der Waals surface area contributed by atoms with E-state index in [1.807, 2.05) is 24.3 Å². The summed E-state index contributed by atoms with van der Waals surface area (Å²) in [5, 5.41) is 2.75. The topological polar surface area (TPSA) is 112 Å². The number of nitrogens with one attached hydrogen (secondary N) is 1. The molecule has 11 nitrogen and oxygen atoms in total. The third-order valence-electron chi connectivity index (χ3n) is 8.07. The Morgan fingerprint density at radius 1 is 0.640 bits per heavy atom. The number of hydrogen-bond donors (Lipinski definition) is 1. The lowest BCUT2D eigenvalue weighted by Crippen LogP contribution is -2.62. The maximum absolute atomic E-state index is 12.4. The molecule has 0 bridgehead atoms. The standard InChI is InChI=1S/C39H51NO10/c1-5-18-44-28-34-35(45-19-6-2)36(46-20-7-3)37(47-21-8-4)38(50-34)48-26-25-43-24-23-42-22-17-40-39(41)49-27-33-31-15-11-9-13-29(31)30-14-10-12-16-32(30)33/h5-16,33-38H,1-4,17-28H2,(H,40,41)/t34-,35-,36+,37-,38-/m1/s1. The van der Waals surface area contributed by atoms with Gasteiger partial charge in [0.1, 0.15) is 31.0 Å². The molecule has 1 heterocycles. The van der Waals surface area contributed by atoms with E-state index in [1.54, 1.807) is 24.3 Å². The Bertz CT molecular complexity index is 1310. The highest BCUT2D eigenvalue weighted by atomic mass is 16.7. The van der Waals surface area contributed by atoms with E-state index in [2.05, 4.69) is 55.9 Å². The van der Waals surface area contributed by atoms with Crippen LogP contribution in [-0.2, 0) is 42.6 Å². The fourth-order valence-electron chi connectivity index (χ4n) is 5.94. The lowest BCUT2D eigenvalue weighted by atomic mass is 9.98. The fourth-order valence-corrected chi connectivity index (χ4v) is 5.94. The van der Waals surface area contributed by atoms with Crippen molar-refractivity contribution in [1.82, 2.24) is 5.32 Å². The van der Waals surface area contributed by atoms with Gasteiger partial charge in [-0.25, -0.2) is 4.79 Å². The molecular weight excluding hydrogens is 642 g/mol. The van der Waals surface area contributed by atoms with Crippen molar-refractivity contribution in [2.75, 3.05) is 79.2 Å². The fraction of sp³-hybridized carbons (Fsp3) is 0.462. The summed E-state index contributed by atoms with van der Waals surface area (Å²) in [4.78, 5) is 12.4. The first kappa shape index (κ1) is 39.1. The molecule has 1 fully saturated rings. The highest BCUT2D eigenvalue weighted by molar-refractivity contribution is 5.79. The highest BCUT2D eigenvalue weighted by Gasteiger charge is 2.48.